The number of carbonyl (C=O) groups is 1. The van der Waals surface area contributed by atoms with Crippen LogP contribution in [0.2, 0.25) is 0 Å². The number of hydrogen-bond acceptors (Lipinski definition) is 2. The van der Waals surface area contributed by atoms with E-state index in [4.69, 9.17) is 4.74 Å². The molecule has 1 aliphatic carbocycles. The highest BCUT2D eigenvalue weighted by Gasteiger charge is 2.23. The van der Waals surface area contributed by atoms with Gasteiger partial charge in [-0.1, -0.05) is 24.3 Å². The van der Waals surface area contributed by atoms with Crippen molar-refractivity contribution in [1.82, 2.24) is 10.2 Å². The van der Waals surface area contributed by atoms with Crippen molar-refractivity contribution in [1.29, 1.82) is 0 Å². The van der Waals surface area contributed by atoms with E-state index in [0.717, 1.165) is 24.2 Å². The summed E-state index contributed by atoms with van der Waals surface area (Å²) in [6, 6.07) is 7.68. The first-order valence-electron chi connectivity index (χ1n) is 7.49. The van der Waals surface area contributed by atoms with Crippen molar-refractivity contribution in [2.75, 3.05) is 26.8 Å². The van der Waals surface area contributed by atoms with E-state index < -0.39 is 19.0 Å². The van der Waals surface area contributed by atoms with Crippen molar-refractivity contribution in [2.45, 2.75) is 31.7 Å². The molecule has 0 saturated heterocycles. The second-order valence-corrected chi connectivity index (χ2v) is 5.49. The molecule has 0 heterocycles. The van der Waals surface area contributed by atoms with Crippen molar-refractivity contribution in [3.63, 3.8) is 0 Å². The Morgan fingerprint density at radius 2 is 2.14 bits per heavy atom. The summed E-state index contributed by atoms with van der Waals surface area (Å²) in [4.78, 5) is 13.3. The number of alkyl halides is 2. The molecule has 22 heavy (non-hydrogen) atoms. The molecule has 1 aliphatic rings. The van der Waals surface area contributed by atoms with Crippen LogP contribution in [0.5, 0.6) is 0 Å². The lowest BCUT2D eigenvalue weighted by Gasteiger charge is -2.29. The number of methoxy groups -OCH3 is 1. The molecular weight excluding hydrogens is 290 g/mol. The maximum Gasteiger partial charge on any atom is 0.317 e. The Morgan fingerprint density at radius 1 is 1.41 bits per heavy atom. The number of amides is 2. The summed E-state index contributed by atoms with van der Waals surface area (Å²) in [5, 5.41) is 2.87. The van der Waals surface area contributed by atoms with E-state index in [2.05, 4.69) is 17.4 Å². The number of ether oxygens (including phenoxy) is 1. The van der Waals surface area contributed by atoms with Gasteiger partial charge in [0.25, 0.3) is 6.43 Å². The third kappa shape index (κ3) is 4.66. The molecule has 6 heteroatoms. The van der Waals surface area contributed by atoms with Gasteiger partial charge in [0.1, 0.15) is 0 Å². The first-order valence-corrected chi connectivity index (χ1v) is 7.49. The number of nitrogens with one attached hydrogen (secondary N) is 1. The minimum absolute atomic E-state index is 0.00915. The van der Waals surface area contributed by atoms with Gasteiger partial charge in [-0.3, -0.25) is 0 Å². The van der Waals surface area contributed by atoms with Gasteiger partial charge in [0.05, 0.1) is 13.2 Å². The quantitative estimate of drug-likeness (QED) is 0.877. The van der Waals surface area contributed by atoms with Crippen LogP contribution in [-0.2, 0) is 17.6 Å². The van der Waals surface area contributed by atoms with E-state index in [-0.39, 0.29) is 19.2 Å². The minimum atomic E-state index is -2.55. The largest absolute Gasteiger partial charge is 0.383 e. The SMILES string of the molecule is COCCN(CC(F)F)C(=O)N[C@H]1CCc2ccccc2C1. The van der Waals surface area contributed by atoms with Crippen LogP contribution < -0.4 is 5.32 Å². The lowest BCUT2D eigenvalue weighted by molar-refractivity contribution is 0.0824. The standard InChI is InChI=1S/C16H22F2N2O2/c1-22-9-8-20(11-15(17)18)16(21)19-14-7-6-12-4-2-3-5-13(12)10-14/h2-5,14-15H,6-11H2,1H3,(H,19,21)/t14-/m0/s1. The van der Waals surface area contributed by atoms with Crippen molar-refractivity contribution < 1.29 is 18.3 Å². The zero-order valence-corrected chi connectivity index (χ0v) is 12.7. The van der Waals surface area contributed by atoms with Crippen LogP contribution in [0.15, 0.2) is 24.3 Å². The molecule has 1 atom stereocenters. The maximum absolute atomic E-state index is 12.6. The Hall–Kier alpha value is -1.69. The number of nitrogens with zero attached hydrogens (tertiary/aromatic N) is 1. The summed E-state index contributed by atoms with van der Waals surface area (Å²) in [5.41, 5.74) is 2.52. The van der Waals surface area contributed by atoms with Gasteiger partial charge in [0, 0.05) is 19.7 Å². The topological polar surface area (TPSA) is 41.6 Å². The summed E-state index contributed by atoms with van der Waals surface area (Å²) >= 11 is 0. The number of rotatable bonds is 6. The predicted octanol–water partition coefficient (Wildman–Crippen LogP) is 2.47. The number of halogens is 2. The molecule has 4 nitrogen and oxygen atoms in total. The fourth-order valence-corrected chi connectivity index (χ4v) is 2.73. The minimum Gasteiger partial charge on any atom is -0.383 e. The van der Waals surface area contributed by atoms with Gasteiger partial charge in [-0.25, -0.2) is 13.6 Å². The molecule has 1 aromatic rings. The Labute approximate surface area is 129 Å². The highest BCUT2D eigenvalue weighted by atomic mass is 19.3. The van der Waals surface area contributed by atoms with E-state index in [1.807, 2.05) is 12.1 Å². The summed E-state index contributed by atoms with van der Waals surface area (Å²) in [5.74, 6) is 0. The van der Waals surface area contributed by atoms with Gasteiger partial charge in [-0.05, 0) is 30.4 Å². The Bertz CT molecular complexity index is 497. The normalized spacial score (nSPS) is 17.2. The van der Waals surface area contributed by atoms with Crippen molar-refractivity contribution >= 4 is 6.03 Å². The second kappa shape index (κ2) is 8.08. The highest BCUT2D eigenvalue weighted by molar-refractivity contribution is 5.74. The molecule has 0 spiro atoms. The summed E-state index contributed by atoms with van der Waals surface area (Å²) in [6.45, 7) is -0.165. The van der Waals surface area contributed by atoms with E-state index >= 15 is 0 Å². The molecule has 0 fully saturated rings. The Morgan fingerprint density at radius 3 is 2.82 bits per heavy atom. The maximum atomic E-state index is 12.6. The van der Waals surface area contributed by atoms with Gasteiger partial charge in [-0.15, -0.1) is 0 Å². The molecule has 1 aromatic carbocycles. The third-order valence-corrected chi connectivity index (χ3v) is 3.89. The second-order valence-electron chi connectivity index (χ2n) is 5.49. The monoisotopic (exact) mass is 312 g/mol. The molecule has 0 aliphatic heterocycles. The number of hydrogen-bond donors (Lipinski definition) is 1. The zero-order chi connectivity index (χ0) is 15.9. The van der Waals surface area contributed by atoms with Gasteiger partial charge in [0.15, 0.2) is 0 Å². The summed E-state index contributed by atoms with van der Waals surface area (Å²) in [6.07, 6.45) is -0.0761. The van der Waals surface area contributed by atoms with Crippen LogP contribution in [-0.4, -0.2) is 50.2 Å². The van der Waals surface area contributed by atoms with Crippen molar-refractivity contribution in [3.05, 3.63) is 35.4 Å². The molecule has 0 radical (unpaired) electrons. The molecule has 0 saturated carbocycles. The van der Waals surface area contributed by atoms with Gasteiger partial charge >= 0.3 is 6.03 Å². The number of urea groups is 1. The Kier molecular flexibility index (Phi) is 6.12. The zero-order valence-electron chi connectivity index (χ0n) is 12.7. The lowest BCUT2D eigenvalue weighted by atomic mass is 9.88. The van der Waals surface area contributed by atoms with Crippen LogP contribution in [0.1, 0.15) is 17.5 Å². The molecule has 1 N–H and O–H groups in total. The molecule has 122 valence electrons. The van der Waals surface area contributed by atoms with Gasteiger partial charge in [-0.2, -0.15) is 0 Å². The number of fused-ring (bicyclic) bond motifs is 1. The highest BCUT2D eigenvalue weighted by Crippen LogP contribution is 2.21. The average Bonchev–Trinajstić information content (AvgIpc) is 2.51. The van der Waals surface area contributed by atoms with Crippen LogP contribution in [0.3, 0.4) is 0 Å². The predicted molar refractivity (Wildman–Crippen MR) is 80.2 cm³/mol. The van der Waals surface area contributed by atoms with E-state index in [0.29, 0.717) is 0 Å². The van der Waals surface area contributed by atoms with E-state index in [1.54, 1.807) is 0 Å². The molecule has 0 aromatic heterocycles. The van der Waals surface area contributed by atoms with Gasteiger partial charge < -0.3 is 15.0 Å². The van der Waals surface area contributed by atoms with Crippen molar-refractivity contribution in [3.8, 4) is 0 Å². The van der Waals surface area contributed by atoms with Gasteiger partial charge in [0.2, 0.25) is 0 Å². The fourth-order valence-electron chi connectivity index (χ4n) is 2.73. The molecular formula is C16H22F2N2O2. The molecule has 2 amide bonds. The lowest BCUT2D eigenvalue weighted by Crippen LogP contribution is -2.49. The van der Waals surface area contributed by atoms with E-state index in [1.165, 1.54) is 18.2 Å². The number of carbonyl (C=O) groups excluding carboxylic acids is 1. The summed E-state index contributed by atoms with van der Waals surface area (Å²) in [7, 11) is 1.48. The molecule has 0 bridgehead atoms. The first-order chi connectivity index (χ1) is 10.6. The smallest absolute Gasteiger partial charge is 0.317 e. The number of aryl methyl sites for hydroxylation is 1. The Balaban J connectivity index is 1.92. The van der Waals surface area contributed by atoms with Crippen LogP contribution in [0.25, 0.3) is 0 Å². The summed E-state index contributed by atoms with van der Waals surface area (Å²) < 4.78 is 30.0. The average molecular weight is 312 g/mol. The van der Waals surface area contributed by atoms with Crippen LogP contribution in [0.4, 0.5) is 13.6 Å². The first kappa shape index (κ1) is 16.7. The fraction of sp³-hybridized carbons (Fsp3) is 0.562. The third-order valence-electron chi connectivity index (χ3n) is 3.89. The molecule has 0 unspecified atom stereocenters. The van der Waals surface area contributed by atoms with Crippen molar-refractivity contribution in [2.24, 2.45) is 0 Å². The number of benzene rings is 1. The molecule has 2 rings (SSSR count). The van der Waals surface area contributed by atoms with E-state index in [9.17, 15) is 13.6 Å². The van der Waals surface area contributed by atoms with Crippen LogP contribution in [0, 0.1) is 0 Å². The van der Waals surface area contributed by atoms with Crippen LogP contribution >= 0.6 is 0 Å².